The number of nitrogens with one attached hydrogen (secondary N) is 1. The summed E-state index contributed by atoms with van der Waals surface area (Å²) in [5.74, 6) is 0.0829. The third kappa shape index (κ3) is 5.30. The Morgan fingerprint density at radius 3 is 2.29 bits per heavy atom. The summed E-state index contributed by atoms with van der Waals surface area (Å²) in [6, 6.07) is 13.7. The van der Waals surface area contributed by atoms with Crippen LogP contribution in [-0.4, -0.2) is 42.6 Å². The monoisotopic (exact) mass is 478 g/mol. The quantitative estimate of drug-likeness (QED) is 0.272. The predicted octanol–water partition coefficient (Wildman–Crippen LogP) is 5.20. The van der Waals surface area contributed by atoms with Gasteiger partial charge in [0.1, 0.15) is 17.8 Å². The highest BCUT2D eigenvalue weighted by atomic mass is 16.5. The number of aryl methyl sites for hydroxylation is 1. The minimum absolute atomic E-state index is 0.00703. The molecule has 0 aliphatic carbocycles. The Morgan fingerprint density at radius 1 is 1.11 bits per heavy atom. The molecular formula is C28H34N2O5. The molecule has 3 rings (SSSR count). The van der Waals surface area contributed by atoms with Crippen molar-refractivity contribution in [1.82, 2.24) is 10.2 Å². The number of likely N-dealkylation sites (tertiary alicyclic amines) is 1. The van der Waals surface area contributed by atoms with E-state index in [0.717, 1.165) is 11.1 Å². The van der Waals surface area contributed by atoms with E-state index in [9.17, 15) is 14.4 Å². The van der Waals surface area contributed by atoms with Gasteiger partial charge in [0, 0.05) is 12.7 Å². The van der Waals surface area contributed by atoms with Gasteiger partial charge in [-0.25, -0.2) is 9.69 Å². The molecule has 35 heavy (non-hydrogen) atoms. The number of rotatable bonds is 11. The van der Waals surface area contributed by atoms with Crippen molar-refractivity contribution in [1.29, 1.82) is 0 Å². The Morgan fingerprint density at radius 2 is 1.74 bits per heavy atom. The fourth-order valence-corrected chi connectivity index (χ4v) is 4.42. The summed E-state index contributed by atoms with van der Waals surface area (Å²) in [5, 5.41) is 2.98. The van der Waals surface area contributed by atoms with Crippen LogP contribution in [0.3, 0.4) is 0 Å². The third-order valence-corrected chi connectivity index (χ3v) is 6.71. The zero-order valence-electron chi connectivity index (χ0n) is 20.9. The number of ketones is 1. The number of Topliss-reactive ketones (excluding diaryl/α,β-unsaturated/α-hetero) is 1. The van der Waals surface area contributed by atoms with Crippen LogP contribution in [0.1, 0.15) is 60.6 Å². The molecule has 1 fully saturated rings. The first-order valence-corrected chi connectivity index (χ1v) is 11.9. The van der Waals surface area contributed by atoms with Crippen molar-refractivity contribution in [3.63, 3.8) is 0 Å². The third-order valence-electron chi connectivity index (χ3n) is 6.71. The zero-order chi connectivity index (χ0) is 25.6. The van der Waals surface area contributed by atoms with Crippen LogP contribution in [0.15, 0.2) is 61.2 Å². The van der Waals surface area contributed by atoms with Gasteiger partial charge in [0.15, 0.2) is 12.0 Å². The second-order valence-electron chi connectivity index (χ2n) is 8.83. The minimum Gasteiger partial charge on any atom is -0.469 e. The van der Waals surface area contributed by atoms with Gasteiger partial charge in [-0.05, 0) is 56.0 Å². The predicted molar refractivity (Wildman–Crippen MR) is 134 cm³/mol. The number of urea groups is 1. The average molecular weight is 479 g/mol. The summed E-state index contributed by atoms with van der Waals surface area (Å²) in [4.78, 5) is 39.8. The second-order valence-corrected chi connectivity index (χ2v) is 8.83. The molecule has 0 bridgehead atoms. The molecule has 0 aromatic heterocycles. The number of nitrogens with zero attached hydrogens (tertiary/aromatic N) is 1. The lowest BCUT2D eigenvalue weighted by molar-refractivity contribution is -0.190. The lowest BCUT2D eigenvalue weighted by Gasteiger charge is -2.53. The lowest BCUT2D eigenvalue weighted by atomic mass is 9.72. The van der Waals surface area contributed by atoms with Gasteiger partial charge >= 0.3 is 6.03 Å². The first kappa shape index (κ1) is 26.2. The Balaban J connectivity index is 1.82. The number of hydrogen-bond donors (Lipinski definition) is 1. The molecule has 3 amide bonds. The van der Waals surface area contributed by atoms with E-state index >= 15 is 0 Å². The van der Waals surface area contributed by atoms with E-state index < -0.39 is 17.7 Å². The highest BCUT2D eigenvalue weighted by Gasteiger charge is 2.63. The fraction of sp³-hybridized carbons (Fsp3) is 0.393. The summed E-state index contributed by atoms with van der Waals surface area (Å²) in [6.07, 6.45) is 2.58. The summed E-state index contributed by atoms with van der Waals surface area (Å²) in [5.41, 5.74) is 1.76. The first-order valence-electron chi connectivity index (χ1n) is 11.9. The van der Waals surface area contributed by atoms with E-state index in [1.807, 2.05) is 45.0 Å². The van der Waals surface area contributed by atoms with Crippen molar-refractivity contribution in [3.8, 4) is 5.75 Å². The molecule has 1 saturated heterocycles. The van der Waals surface area contributed by atoms with Crippen LogP contribution in [0.5, 0.6) is 5.75 Å². The number of imide groups is 1. The second kappa shape index (κ2) is 11.3. The number of benzene rings is 2. The maximum atomic E-state index is 13.3. The normalized spacial score (nSPS) is 17.3. The molecule has 0 unspecified atom stereocenters. The summed E-state index contributed by atoms with van der Waals surface area (Å²) >= 11 is 0. The first-order chi connectivity index (χ1) is 16.8. The van der Waals surface area contributed by atoms with Crippen LogP contribution in [0.2, 0.25) is 0 Å². The van der Waals surface area contributed by atoms with E-state index in [1.54, 1.807) is 30.3 Å². The maximum Gasteiger partial charge on any atom is 0.327 e. The highest BCUT2D eigenvalue weighted by molar-refractivity contribution is 6.03. The van der Waals surface area contributed by atoms with Crippen molar-refractivity contribution in [2.45, 2.75) is 52.3 Å². The molecule has 0 spiro atoms. The molecule has 1 aliphatic heterocycles. The Bertz CT molecular complexity index is 1060. The SMILES string of the molecule is C=CC[C@@H](NC(=O)N1C(=O)C(CC)(CC)[C@@H]1Oc1ccc(C(=O)COC)cc1)c1ccc(C)cc1. The van der Waals surface area contributed by atoms with Crippen molar-refractivity contribution in [3.05, 3.63) is 77.9 Å². The molecule has 0 radical (unpaired) electrons. The number of methoxy groups -OCH3 is 1. The number of hydrogen-bond acceptors (Lipinski definition) is 5. The maximum absolute atomic E-state index is 13.3. The van der Waals surface area contributed by atoms with Gasteiger partial charge in [-0.1, -0.05) is 49.8 Å². The minimum atomic E-state index is -0.792. The smallest absolute Gasteiger partial charge is 0.327 e. The van der Waals surface area contributed by atoms with Crippen molar-refractivity contribution in [2.24, 2.45) is 5.41 Å². The van der Waals surface area contributed by atoms with Gasteiger partial charge in [0.2, 0.25) is 5.91 Å². The summed E-state index contributed by atoms with van der Waals surface area (Å²) < 4.78 is 11.1. The van der Waals surface area contributed by atoms with Gasteiger partial charge in [-0.2, -0.15) is 0 Å². The van der Waals surface area contributed by atoms with E-state index in [4.69, 9.17) is 9.47 Å². The standard InChI is InChI=1S/C28H34N2O5/c1-6-9-23(20-12-10-19(4)11-13-20)29-27(33)30-25(32)28(7-2,8-3)26(30)35-22-16-14-21(15-17-22)24(31)18-34-5/h6,10-17,23,26H,1,7-9,18H2,2-5H3,(H,29,33)/t23-,26+/m1/s1. The number of carbonyl (C=O) groups is 3. The largest absolute Gasteiger partial charge is 0.469 e. The van der Waals surface area contributed by atoms with Crippen molar-refractivity contribution < 1.29 is 23.9 Å². The molecule has 7 heteroatoms. The van der Waals surface area contributed by atoms with Crippen LogP contribution >= 0.6 is 0 Å². The van der Waals surface area contributed by atoms with Crippen molar-refractivity contribution in [2.75, 3.05) is 13.7 Å². The van der Waals surface area contributed by atoms with Crippen molar-refractivity contribution >= 4 is 17.7 Å². The Labute approximate surface area is 207 Å². The number of amides is 3. The number of carbonyl (C=O) groups excluding carboxylic acids is 3. The fourth-order valence-electron chi connectivity index (χ4n) is 4.42. The lowest BCUT2D eigenvalue weighted by Crippen LogP contribution is -2.73. The van der Waals surface area contributed by atoms with Gasteiger partial charge in [-0.15, -0.1) is 6.58 Å². The highest BCUT2D eigenvalue weighted by Crippen LogP contribution is 2.46. The Hall–Kier alpha value is -3.45. The van der Waals surface area contributed by atoms with Crippen LogP contribution in [0.25, 0.3) is 0 Å². The van der Waals surface area contributed by atoms with E-state index in [1.165, 1.54) is 12.0 Å². The molecule has 1 N–H and O–H groups in total. The molecular weight excluding hydrogens is 444 g/mol. The van der Waals surface area contributed by atoms with Crippen LogP contribution in [0.4, 0.5) is 4.79 Å². The molecule has 2 aromatic rings. The molecule has 1 heterocycles. The molecule has 0 saturated carbocycles. The Kier molecular flexibility index (Phi) is 8.46. The van der Waals surface area contributed by atoms with E-state index in [0.29, 0.717) is 30.6 Å². The van der Waals surface area contributed by atoms with Gasteiger partial charge < -0.3 is 14.8 Å². The zero-order valence-corrected chi connectivity index (χ0v) is 20.9. The molecule has 2 atom stereocenters. The molecule has 1 aliphatic rings. The van der Waals surface area contributed by atoms with Crippen LogP contribution in [-0.2, 0) is 9.53 Å². The molecule has 2 aromatic carbocycles. The number of β-lactam (4-membered cyclic amide) rings is 1. The van der Waals surface area contributed by atoms with Gasteiger partial charge in [-0.3, -0.25) is 9.59 Å². The van der Waals surface area contributed by atoms with Gasteiger partial charge in [0.05, 0.1) is 6.04 Å². The van der Waals surface area contributed by atoms with E-state index in [-0.39, 0.29) is 24.3 Å². The average Bonchev–Trinajstić information content (AvgIpc) is 2.85. The topological polar surface area (TPSA) is 84.9 Å². The number of ether oxygens (including phenoxy) is 2. The summed E-state index contributed by atoms with van der Waals surface area (Å²) in [7, 11) is 1.47. The molecule has 186 valence electrons. The van der Waals surface area contributed by atoms with Gasteiger partial charge in [0.25, 0.3) is 0 Å². The van der Waals surface area contributed by atoms with E-state index in [2.05, 4.69) is 11.9 Å². The molecule has 7 nitrogen and oxygen atoms in total. The van der Waals surface area contributed by atoms with Crippen LogP contribution < -0.4 is 10.1 Å². The van der Waals surface area contributed by atoms with Crippen LogP contribution in [0, 0.1) is 12.3 Å². The summed E-state index contributed by atoms with van der Waals surface area (Å²) in [6.45, 7) is 9.65.